The Bertz CT molecular complexity index is 646. The summed E-state index contributed by atoms with van der Waals surface area (Å²) in [4.78, 5) is 6.69. The summed E-state index contributed by atoms with van der Waals surface area (Å²) >= 11 is 0. The molecule has 124 valence electrons. The van der Waals surface area contributed by atoms with Crippen LogP contribution in [0, 0.1) is 5.82 Å². The quantitative estimate of drug-likeness (QED) is 0.918. The molecule has 3 rings (SSSR count). The molecule has 2 aromatic rings. The van der Waals surface area contributed by atoms with Crippen LogP contribution in [0.15, 0.2) is 28.8 Å². The highest BCUT2D eigenvalue weighted by Gasteiger charge is 2.27. The van der Waals surface area contributed by atoms with E-state index in [1.54, 1.807) is 12.1 Å². The molecule has 0 amide bonds. The molecule has 0 bridgehead atoms. The molecule has 2 heterocycles. The molecule has 1 aromatic heterocycles. The summed E-state index contributed by atoms with van der Waals surface area (Å²) in [5.41, 5.74) is 0.620. The zero-order chi connectivity index (χ0) is 16.2. The summed E-state index contributed by atoms with van der Waals surface area (Å²) < 4.78 is 18.7. The number of hydrogen-bond acceptors (Lipinski definition) is 5. The van der Waals surface area contributed by atoms with Gasteiger partial charge in [-0.25, -0.2) is 4.39 Å². The van der Waals surface area contributed by atoms with Gasteiger partial charge in [-0.2, -0.15) is 4.98 Å². The van der Waals surface area contributed by atoms with Gasteiger partial charge in [-0.3, -0.25) is 4.90 Å². The first-order valence-corrected chi connectivity index (χ1v) is 8.15. The van der Waals surface area contributed by atoms with Crippen LogP contribution in [-0.4, -0.2) is 45.9 Å². The molecule has 0 aliphatic carbocycles. The summed E-state index contributed by atoms with van der Waals surface area (Å²) in [7, 11) is 0. The Balaban J connectivity index is 1.70. The van der Waals surface area contributed by atoms with Crippen LogP contribution < -0.4 is 0 Å². The predicted molar refractivity (Wildman–Crippen MR) is 84.4 cm³/mol. The molecular weight excluding hydrogens is 297 g/mol. The SMILES string of the molecule is CC[C@@H](O)CN1CCCC(c2nc(-c3cccc(F)c3)no2)C1. The molecule has 0 spiro atoms. The minimum absolute atomic E-state index is 0.169. The molecule has 1 aliphatic rings. The van der Waals surface area contributed by atoms with E-state index < -0.39 is 0 Å². The zero-order valence-electron chi connectivity index (χ0n) is 13.3. The van der Waals surface area contributed by atoms with Crippen LogP contribution in [0.25, 0.3) is 11.4 Å². The fraction of sp³-hybridized carbons (Fsp3) is 0.529. The van der Waals surface area contributed by atoms with Gasteiger partial charge in [0, 0.05) is 18.7 Å². The molecule has 0 saturated carbocycles. The third-order valence-corrected chi connectivity index (χ3v) is 4.32. The number of likely N-dealkylation sites (tertiary alicyclic amines) is 1. The topological polar surface area (TPSA) is 62.4 Å². The number of nitrogens with zero attached hydrogens (tertiary/aromatic N) is 3. The lowest BCUT2D eigenvalue weighted by Crippen LogP contribution is -2.39. The molecule has 1 unspecified atom stereocenters. The van der Waals surface area contributed by atoms with Crippen molar-refractivity contribution in [2.24, 2.45) is 0 Å². The van der Waals surface area contributed by atoms with Gasteiger partial charge in [-0.1, -0.05) is 24.2 Å². The number of halogens is 1. The molecule has 5 nitrogen and oxygen atoms in total. The summed E-state index contributed by atoms with van der Waals surface area (Å²) in [5.74, 6) is 0.874. The van der Waals surface area contributed by atoms with Crippen molar-refractivity contribution in [3.8, 4) is 11.4 Å². The number of β-amino-alcohol motifs (C(OH)–C–C–N with tert-alkyl or cyclic N) is 1. The average Bonchev–Trinajstić information content (AvgIpc) is 3.05. The highest BCUT2D eigenvalue weighted by molar-refractivity contribution is 5.53. The number of rotatable bonds is 5. The van der Waals surface area contributed by atoms with Gasteiger partial charge in [0.05, 0.1) is 12.0 Å². The Labute approximate surface area is 135 Å². The number of aliphatic hydroxyl groups is 1. The molecular formula is C17H22FN3O2. The standard InChI is InChI=1S/C17H22FN3O2/c1-2-15(22)11-21-8-4-6-13(10-21)17-19-16(20-23-17)12-5-3-7-14(18)9-12/h3,5,7,9,13,15,22H,2,4,6,8,10-11H2,1H3/t13?,15-/m1/s1. The van der Waals surface area contributed by atoms with Gasteiger partial charge in [-0.15, -0.1) is 0 Å². The Morgan fingerprint density at radius 3 is 3.13 bits per heavy atom. The number of piperidine rings is 1. The van der Waals surface area contributed by atoms with Gasteiger partial charge < -0.3 is 9.63 Å². The van der Waals surface area contributed by atoms with E-state index in [0.29, 0.717) is 23.8 Å². The normalized spacial score (nSPS) is 20.6. The highest BCUT2D eigenvalue weighted by atomic mass is 19.1. The summed E-state index contributed by atoms with van der Waals surface area (Å²) in [6.45, 7) is 4.45. The van der Waals surface area contributed by atoms with Crippen molar-refractivity contribution in [2.75, 3.05) is 19.6 Å². The number of aliphatic hydroxyl groups excluding tert-OH is 1. The fourth-order valence-electron chi connectivity index (χ4n) is 3.00. The first-order valence-electron chi connectivity index (χ1n) is 8.15. The van der Waals surface area contributed by atoms with Crippen molar-refractivity contribution in [2.45, 2.75) is 38.2 Å². The van der Waals surface area contributed by atoms with Crippen molar-refractivity contribution in [3.05, 3.63) is 36.0 Å². The summed E-state index contributed by atoms with van der Waals surface area (Å²) in [6.07, 6.45) is 2.49. The summed E-state index contributed by atoms with van der Waals surface area (Å²) in [5, 5.41) is 13.8. The maximum atomic E-state index is 13.3. The van der Waals surface area contributed by atoms with E-state index in [2.05, 4.69) is 15.0 Å². The van der Waals surface area contributed by atoms with Crippen LogP contribution >= 0.6 is 0 Å². The van der Waals surface area contributed by atoms with Crippen molar-refractivity contribution < 1.29 is 14.0 Å². The second-order valence-corrected chi connectivity index (χ2v) is 6.13. The van der Waals surface area contributed by atoms with E-state index >= 15 is 0 Å². The Morgan fingerprint density at radius 2 is 2.35 bits per heavy atom. The van der Waals surface area contributed by atoms with Crippen molar-refractivity contribution in [1.82, 2.24) is 15.0 Å². The Hall–Kier alpha value is -1.79. The van der Waals surface area contributed by atoms with Crippen LogP contribution in [0.5, 0.6) is 0 Å². The lowest BCUT2D eigenvalue weighted by molar-refractivity contribution is 0.0886. The van der Waals surface area contributed by atoms with E-state index in [1.807, 2.05) is 6.92 Å². The van der Waals surface area contributed by atoms with Crippen molar-refractivity contribution in [3.63, 3.8) is 0 Å². The van der Waals surface area contributed by atoms with Gasteiger partial charge in [0.15, 0.2) is 0 Å². The third kappa shape index (κ3) is 3.95. The molecule has 1 aromatic carbocycles. The van der Waals surface area contributed by atoms with Crippen LogP contribution in [0.4, 0.5) is 4.39 Å². The number of aromatic nitrogens is 2. The Kier molecular flexibility index (Phi) is 5.03. The maximum Gasteiger partial charge on any atom is 0.231 e. The monoisotopic (exact) mass is 319 g/mol. The van der Waals surface area contributed by atoms with Gasteiger partial charge in [-0.05, 0) is 37.9 Å². The van der Waals surface area contributed by atoms with E-state index in [1.165, 1.54) is 12.1 Å². The Morgan fingerprint density at radius 1 is 1.48 bits per heavy atom. The zero-order valence-corrected chi connectivity index (χ0v) is 13.3. The van der Waals surface area contributed by atoms with E-state index in [9.17, 15) is 9.50 Å². The average molecular weight is 319 g/mol. The largest absolute Gasteiger partial charge is 0.392 e. The first-order chi connectivity index (χ1) is 11.2. The van der Waals surface area contributed by atoms with Crippen molar-refractivity contribution in [1.29, 1.82) is 0 Å². The van der Waals surface area contributed by atoms with Gasteiger partial charge in [0.1, 0.15) is 5.82 Å². The molecule has 2 atom stereocenters. The van der Waals surface area contributed by atoms with Gasteiger partial charge in [0.25, 0.3) is 0 Å². The van der Waals surface area contributed by atoms with Crippen LogP contribution in [-0.2, 0) is 0 Å². The molecule has 1 N–H and O–H groups in total. The number of benzene rings is 1. The van der Waals surface area contributed by atoms with Crippen molar-refractivity contribution >= 4 is 0 Å². The van der Waals surface area contributed by atoms with Gasteiger partial charge >= 0.3 is 0 Å². The van der Waals surface area contributed by atoms with Crippen LogP contribution in [0.2, 0.25) is 0 Å². The van der Waals surface area contributed by atoms with E-state index in [0.717, 1.165) is 32.4 Å². The minimum atomic E-state index is -0.314. The molecule has 1 fully saturated rings. The van der Waals surface area contributed by atoms with Crippen LogP contribution in [0.3, 0.4) is 0 Å². The minimum Gasteiger partial charge on any atom is -0.392 e. The van der Waals surface area contributed by atoms with Crippen LogP contribution in [0.1, 0.15) is 38.0 Å². The molecule has 23 heavy (non-hydrogen) atoms. The fourth-order valence-corrected chi connectivity index (χ4v) is 3.00. The van der Waals surface area contributed by atoms with E-state index in [4.69, 9.17) is 4.52 Å². The first kappa shape index (κ1) is 16.1. The summed E-state index contributed by atoms with van der Waals surface area (Å²) in [6, 6.07) is 6.19. The highest BCUT2D eigenvalue weighted by Crippen LogP contribution is 2.27. The predicted octanol–water partition coefficient (Wildman–Crippen LogP) is 2.83. The second-order valence-electron chi connectivity index (χ2n) is 6.13. The number of hydrogen-bond donors (Lipinski definition) is 1. The van der Waals surface area contributed by atoms with E-state index in [-0.39, 0.29) is 17.8 Å². The molecule has 1 saturated heterocycles. The third-order valence-electron chi connectivity index (χ3n) is 4.32. The maximum absolute atomic E-state index is 13.3. The second kappa shape index (κ2) is 7.19. The molecule has 6 heteroatoms. The lowest BCUT2D eigenvalue weighted by atomic mass is 9.97. The smallest absolute Gasteiger partial charge is 0.231 e. The molecule has 1 aliphatic heterocycles. The molecule has 0 radical (unpaired) electrons. The van der Waals surface area contributed by atoms with Gasteiger partial charge in [0.2, 0.25) is 11.7 Å². The lowest BCUT2D eigenvalue weighted by Gasteiger charge is -2.32.